The number of hydrogen-bond donors (Lipinski definition) is 2. The molecule has 5 heteroatoms. The Hall–Kier alpha value is -1.72. The molecule has 3 N–H and O–H groups in total. The van der Waals surface area contributed by atoms with E-state index < -0.39 is 0 Å². The highest BCUT2D eigenvalue weighted by Gasteiger charge is 2.07. The minimum Gasteiger partial charge on any atom is -0.347 e. The molecule has 0 unspecified atom stereocenters. The van der Waals surface area contributed by atoms with Crippen LogP contribution < -0.4 is 11.1 Å². The summed E-state index contributed by atoms with van der Waals surface area (Å²) in [6.45, 7) is 0.969. The lowest BCUT2D eigenvalue weighted by Crippen LogP contribution is -2.22. The van der Waals surface area contributed by atoms with Crippen molar-refractivity contribution in [2.24, 2.45) is 5.73 Å². The van der Waals surface area contributed by atoms with E-state index in [-0.39, 0.29) is 5.91 Å². The molecule has 4 nitrogen and oxygen atoms in total. The molecule has 2 aromatic rings. The minimum atomic E-state index is -0.0978. The lowest BCUT2D eigenvalue weighted by Gasteiger charge is -2.08. The van der Waals surface area contributed by atoms with Gasteiger partial charge in [0.25, 0.3) is 5.91 Å². The molecule has 17 heavy (non-hydrogen) atoms. The molecule has 1 aromatic heterocycles. The monoisotopic (exact) mass is 247 g/mol. The van der Waals surface area contributed by atoms with Crippen molar-refractivity contribution in [3.05, 3.63) is 52.0 Å². The highest BCUT2D eigenvalue weighted by molar-refractivity contribution is 7.11. The van der Waals surface area contributed by atoms with Crippen LogP contribution in [0.15, 0.2) is 36.0 Å². The van der Waals surface area contributed by atoms with E-state index in [0.29, 0.717) is 18.0 Å². The molecule has 1 amide bonds. The van der Waals surface area contributed by atoms with Gasteiger partial charge in [0, 0.05) is 13.1 Å². The molecule has 0 radical (unpaired) electrons. The largest absolute Gasteiger partial charge is 0.347 e. The van der Waals surface area contributed by atoms with Crippen LogP contribution in [0.25, 0.3) is 0 Å². The van der Waals surface area contributed by atoms with Crippen molar-refractivity contribution in [1.29, 1.82) is 0 Å². The average Bonchev–Trinajstić information content (AvgIpc) is 2.90. The van der Waals surface area contributed by atoms with Crippen LogP contribution in [0.5, 0.6) is 0 Å². The fourth-order valence-electron chi connectivity index (χ4n) is 1.52. The Morgan fingerprint density at radius 1 is 1.35 bits per heavy atom. The molecule has 0 bridgehead atoms. The van der Waals surface area contributed by atoms with Crippen LogP contribution in [0, 0.1) is 0 Å². The highest BCUT2D eigenvalue weighted by Crippen LogP contribution is 2.09. The van der Waals surface area contributed by atoms with Crippen molar-refractivity contribution in [2.45, 2.75) is 13.1 Å². The summed E-state index contributed by atoms with van der Waals surface area (Å²) in [6.07, 6.45) is 1.56. The summed E-state index contributed by atoms with van der Waals surface area (Å²) in [6, 6.07) is 7.81. The fraction of sp³-hybridized carbons (Fsp3) is 0.167. The van der Waals surface area contributed by atoms with Gasteiger partial charge in [0.1, 0.15) is 4.88 Å². The number of benzene rings is 1. The third-order valence-electron chi connectivity index (χ3n) is 2.43. The molecule has 0 aliphatic carbocycles. The van der Waals surface area contributed by atoms with Crippen LogP contribution in [0.4, 0.5) is 0 Å². The number of carbonyl (C=O) groups excluding carboxylic acids is 1. The van der Waals surface area contributed by atoms with Gasteiger partial charge in [-0.15, -0.1) is 11.3 Å². The topological polar surface area (TPSA) is 68.0 Å². The first kappa shape index (κ1) is 11.8. The first-order valence-corrected chi connectivity index (χ1v) is 6.12. The van der Waals surface area contributed by atoms with Gasteiger partial charge < -0.3 is 11.1 Å². The maximum atomic E-state index is 11.7. The smallest absolute Gasteiger partial charge is 0.263 e. The van der Waals surface area contributed by atoms with Gasteiger partial charge in [-0.1, -0.05) is 24.3 Å². The molecule has 0 atom stereocenters. The standard InChI is InChI=1S/C12H13N3OS/c13-5-9-3-1-2-4-10(9)6-15-12(16)11-7-14-8-17-11/h1-4,7-8H,5-6,13H2,(H,15,16). The van der Waals surface area contributed by atoms with Gasteiger partial charge in [-0.05, 0) is 11.1 Å². The molecule has 0 spiro atoms. The van der Waals surface area contributed by atoms with E-state index in [1.807, 2.05) is 24.3 Å². The predicted octanol–water partition coefficient (Wildman–Crippen LogP) is 1.53. The van der Waals surface area contributed by atoms with Crippen LogP contribution in [0.2, 0.25) is 0 Å². The average molecular weight is 247 g/mol. The maximum Gasteiger partial charge on any atom is 0.263 e. The van der Waals surface area contributed by atoms with Crippen molar-refractivity contribution >= 4 is 17.2 Å². The van der Waals surface area contributed by atoms with E-state index in [1.54, 1.807) is 11.7 Å². The van der Waals surface area contributed by atoms with Gasteiger partial charge in [-0.3, -0.25) is 9.78 Å². The summed E-state index contributed by atoms with van der Waals surface area (Å²) < 4.78 is 0. The summed E-state index contributed by atoms with van der Waals surface area (Å²) in [5.74, 6) is -0.0978. The Bertz CT molecular complexity index is 496. The zero-order valence-electron chi connectivity index (χ0n) is 9.22. The number of nitrogens with zero attached hydrogens (tertiary/aromatic N) is 1. The second-order valence-electron chi connectivity index (χ2n) is 3.52. The second kappa shape index (κ2) is 5.56. The van der Waals surface area contributed by atoms with Gasteiger partial charge in [0.2, 0.25) is 0 Å². The van der Waals surface area contributed by atoms with Crippen molar-refractivity contribution in [2.75, 3.05) is 0 Å². The third-order valence-corrected chi connectivity index (χ3v) is 3.21. The molecule has 0 saturated carbocycles. The molecule has 0 fully saturated rings. The van der Waals surface area contributed by atoms with Crippen molar-refractivity contribution in [3.8, 4) is 0 Å². The van der Waals surface area contributed by atoms with Gasteiger partial charge in [-0.25, -0.2) is 0 Å². The van der Waals surface area contributed by atoms with E-state index in [0.717, 1.165) is 11.1 Å². The molecule has 88 valence electrons. The number of amides is 1. The first-order chi connectivity index (χ1) is 8.31. The fourth-order valence-corrected chi connectivity index (χ4v) is 2.06. The van der Waals surface area contributed by atoms with E-state index in [4.69, 9.17) is 5.73 Å². The minimum absolute atomic E-state index is 0.0978. The summed E-state index contributed by atoms with van der Waals surface area (Å²) in [4.78, 5) is 16.2. The highest BCUT2D eigenvalue weighted by atomic mass is 32.1. The number of thiazole rings is 1. The zero-order chi connectivity index (χ0) is 12.1. The molecular formula is C12H13N3OS. The van der Waals surface area contributed by atoms with Gasteiger partial charge in [-0.2, -0.15) is 0 Å². The zero-order valence-corrected chi connectivity index (χ0v) is 10.0. The number of rotatable bonds is 4. The third kappa shape index (κ3) is 2.89. The second-order valence-corrected chi connectivity index (χ2v) is 4.41. The summed E-state index contributed by atoms with van der Waals surface area (Å²) in [5.41, 5.74) is 9.37. The Morgan fingerprint density at radius 2 is 2.12 bits per heavy atom. The number of carbonyl (C=O) groups is 1. The quantitative estimate of drug-likeness (QED) is 0.861. The Balaban J connectivity index is 2.00. The lowest BCUT2D eigenvalue weighted by molar-refractivity contribution is 0.0954. The van der Waals surface area contributed by atoms with Gasteiger partial charge in [0.15, 0.2) is 0 Å². The number of aromatic nitrogens is 1. The molecular weight excluding hydrogens is 234 g/mol. The van der Waals surface area contributed by atoms with Gasteiger partial charge in [0.05, 0.1) is 11.7 Å². The van der Waals surface area contributed by atoms with E-state index >= 15 is 0 Å². The predicted molar refractivity (Wildman–Crippen MR) is 67.6 cm³/mol. The summed E-state index contributed by atoms with van der Waals surface area (Å²) in [5, 5.41) is 2.85. The van der Waals surface area contributed by atoms with Crippen LogP contribution >= 0.6 is 11.3 Å². The lowest BCUT2D eigenvalue weighted by atomic mass is 10.1. The molecule has 1 heterocycles. The summed E-state index contributed by atoms with van der Waals surface area (Å²) in [7, 11) is 0. The summed E-state index contributed by atoms with van der Waals surface area (Å²) >= 11 is 1.33. The molecule has 0 aliphatic rings. The van der Waals surface area contributed by atoms with Crippen molar-refractivity contribution < 1.29 is 4.79 Å². The maximum absolute atomic E-state index is 11.7. The molecule has 2 rings (SSSR count). The Labute approximate surface area is 103 Å². The van der Waals surface area contributed by atoms with Gasteiger partial charge >= 0.3 is 0 Å². The Kier molecular flexibility index (Phi) is 3.85. The van der Waals surface area contributed by atoms with Crippen LogP contribution in [0.3, 0.4) is 0 Å². The van der Waals surface area contributed by atoms with E-state index in [1.165, 1.54) is 11.3 Å². The van der Waals surface area contributed by atoms with Crippen molar-refractivity contribution in [3.63, 3.8) is 0 Å². The normalized spacial score (nSPS) is 10.2. The SMILES string of the molecule is NCc1ccccc1CNC(=O)c1cncs1. The van der Waals surface area contributed by atoms with E-state index in [9.17, 15) is 4.79 Å². The van der Waals surface area contributed by atoms with Crippen LogP contribution in [0.1, 0.15) is 20.8 Å². The Morgan fingerprint density at radius 3 is 2.76 bits per heavy atom. The van der Waals surface area contributed by atoms with Crippen LogP contribution in [-0.2, 0) is 13.1 Å². The molecule has 0 aliphatic heterocycles. The first-order valence-electron chi connectivity index (χ1n) is 5.25. The number of nitrogens with two attached hydrogens (primary N) is 1. The van der Waals surface area contributed by atoms with E-state index in [2.05, 4.69) is 10.3 Å². The van der Waals surface area contributed by atoms with Crippen LogP contribution in [-0.4, -0.2) is 10.9 Å². The molecule has 1 aromatic carbocycles. The van der Waals surface area contributed by atoms with Crippen molar-refractivity contribution in [1.82, 2.24) is 10.3 Å². The number of nitrogens with one attached hydrogen (secondary N) is 1. The molecule has 0 saturated heterocycles. The number of hydrogen-bond acceptors (Lipinski definition) is 4.